The van der Waals surface area contributed by atoms with Crippen LogP contribution in [0.3, 0.4) is 0 Å². The van der Waals surface area contributed by atoms with Crippen LogP contribution in [0.1, 0.15) is 56.9 Å². The molecule has 32 heavy (non-hydrogen) atoms. The van der Waals surface area contributed by atoms with E-state index in [1.54, 1.807) is 24.3 Å². The molecule has 6 nitrogen and oxygen atoms in total. The molecule has 1 aromatic rings. The van der Waals surface area contributed by atoms with Crippen molar-refractivity contribution in [3.8, 4) is 12.3 Å². The predicted octanol–water partition coefficient (Wildman–Crippen LogP) is 2.93. The van der Waals surface area contributed by atoms with Crippen LogP contribution in [0.2, 0.25) is 0 Å². The first kappa shape index (κ1) is 21.1. The fraction of sp³-hybridized carbons (Fsp3) is 0.577. The lowest BCUT2D eigenvalue weighted by Crippen LogP contribution is -2.57. The Morgan fingerprint density at radius 3 is 2.44 bits per heavy atom. The van der Waals surface area contributed by atoms with Crippen LogP contribution in [-0.4, -0.2) is 41.8 Å². The van der Waals surface area contributed by atoms with Gasteiger partial charge >= 0.3 is 0 Å². The minimum atomic E-state index is -0.465. The molecule has 4 saturated carbocycles. The first-order chi connectivity index (χ1) is 15.5. The summed E-state index contributed by atoms with van der Waals surface area (Å²) in [5, 5.41) is 5.50. The molecular formula is C26H31N3O3. The Balaban J connectivity index is 1.19. The molecule has 6 rings (SSSR count). The summed E-state index contributed by atoms with van der Waals surface area (Å²) in [5.74, 6) is 4.26. The lowest BCUT2D eigenvalue weighted by molar-refractivity contribution is -0.160. The quantitative estimate of drug-likeness (QED) is 0.701. The molecule has 1 heterocycles. The number of carbonyl (C=O) groups excluding carboxylic acids is 3. The molecule has 1 saturated heterocycles. The molecule has 1 unspecified atom stereocenters. The van der Waals surface area contributed by atoms with E-state index < -0.39 is 6.04 Å². The summed E-state index contributed by atoms with van der Waals surface area (Å²) in [6.07, 6.45) is 13.8. The molecule has 1 atom stereocenters. The van der Waals surface area contributed by atoms with Gasteiger partial charge in [0, 0.05) is 17.8 Å². The van der Waals surface area contributed by atoms with Crippen LogP contribution < -0.4 is 10.6 Å². The number of carbonyl (C=O) groups is 3. The summed E-state index contributed by atoms with van der Waals surface area (Å²) < 4.78 is 0. The number of nitrogens with zero attached hydrogens (tertiary/aromatic N) is 1. The van der Waals surface area contributed by atoms with Crippen molar-refractivity contribution in [1.29, 1.82) is 0 Å². The zero-order valence-electron chi connectivity index (χ0n) is 18.4. The Hall–Kier alpha value is -2.81. The van der Waals surface area contributed by atoms with Crippen LogP contribution in [0, 0.1) is 35.5 Å². The van der Waals surface area contributed by atoms with Gasteiger partial charge in [0.15, 0.2) is 0 Å². The van der Waals surface area contributed by atoms with Crippen molar-refractivity contribution in [1.82, 2.24) is 10.2 Å². The third kappa shape index (κ3) is 3.90. The number of hydrogen-bond donors (Lipinski definition) is 2. The Bertz CT molecular complexity index is 943. The molecule has 1 aliphatic heterocycles. The fourth-order valence-electron chi connectivity index (χ4n) is 7.14. The average molecular weight is 434 g/mol. The molecule has 5 fully saturated rings. The van der Waals surface area contributed by atoms with Gasteiger partial charge in [0.25, 0.3) is 0 Å². The maximum Gasteiger partial charge on any atom is 0.243 e. The maximum absolute atomic E-state index is 13.7. The summed E-state index contributed by atoms with van der Waals surface area (Å²) >= 11 is 0. The highest BCUT2D eigenvalue weighted by Crippen LogP contribution is 2.60. The molecule has 3 amide bonds. The second kappa shape index (κ2) is 8.27. The number of likely N-dealkylation sites (tertiary alicyclic amines) is 1. The minimum absolute atomic E-state index is 0.130. The molecular weight excluding hydrogens is 402 g/mol. The van der Waals surface area contributed by atoms with Gasteiger partial charge in [-0.05, 0) is 87.3 Å². The number of nitrogens with one attached hydrogen (secondary N) is 2. The molecule has 2 N–H and O–H groups in total. The monoisotopic (exact) mass is 433 g/mol. The van der Waals surface area contributed by atoms with Gasteiger partial charge in [-0.1, -0.05) is 12.0 Å². The number of terminal acetylenes is 1. The molecule has 4 bridgehead atoms. The van der Waals surface area contributed by atoms with Gasteiger partial charge in [-0.2, -0.15) is 0 Å². The van der Waals surface area contributed by atoms with Gasteiger partial charge in [0.05, 0.1) is 12.0 Å². The Morgan fingerprint density at radius 2 is 1.78 bits per heavy atom. The molecule has 6 heteroatoms. The van der Waals surface area contributed by atoms with Crippen LogP contribution >= 0.6 is 0 Å². The Kier molecular flexibility index (Phi) is 5.44. The average Bonchev–Trinajstić information content (AvgIpc) is 3.26. The highest BCUT2D eigenvalue weighted by molar-refractivity contribution is 5.96. The Labute approximate surface area is 189 Å². The minimum Gasteiger partial charge on any atom is -0.345 e. The third-order valence-corrected chi connectivity index (χ3v) is 8.04. The van der Waals surface area contributed by atoms with Crippen molar-refractivity contribution >= 4 is 23.4 Å². The number of hydrogen-bond acceptors (Lipinski definition) is 3. The number of benzene rings is 1. The van der Waals surface area contributed by atoms with Crippen molar-refractivity contribution in [2.24, 2.45) is 23.2 Å². The van der Waals surface area contributed by atoms with Crippen LogP contribution in [-0.2, 0) is 14.4 Å². The number of rotatable bonds is 5. The number of amides is 3. The summed E-state index contributed by atoms with van der Waals surface area (Å²) in [5.41, 5.74) is 1.03. The SMILES string of the molecule is C#Cc1cccc(NC(=O)CNC(=O)C2CCCN2C(=O)C23CC4CC(CC(C4)C2)C3)c1. The maximum atomic E-state index is 13.7. The van der Waals surface area contributed by atoms with Crippen LogP contribution in [0.5, 0.6) is 0 Å². The molecule has 0 spiro atoms. The molecule has 5 aliphatic rings. The summed E-state index contributed by atoms with van der Waals surface area (Å²) in [6.45, 7) is 0.513. The van der Waals surface area contributed by atoms with E-state index in [1.165, 1.54) is 19.3 Å². The number of anilines is 1. The van der Waals surface area contributed by atoms with E-state index in [4.69, 9.17) is 6.42 Å². The van der Waals surface area contributed by atoms with Gasteiger partial charge in [-0.25, -0.2) is 0 Å². The van der Waals surface area contributed by atoms with Gasteiger partial charge in [-0.15, -0.1) is 6.42 Å². The standard InChI is InChI=1S/C26H31N3O3/c1-2-17-5-3-6-21(12-17)28-23(30)16-27-24(31)22-7-4-8-29(22)25(32)26-13-18-9-19(14-26)11-20(10-18)15-26/h1,3,5-6,12,18-20,22H,4,7-11,13-16H2,(H,27,31)(H,28,30). The largest absolute Gasteiger partial charge is 0.345 e. The van der Waals surface area contributed by atoms with Crippen LogP contribution in [0.25, 0.3) is 0 Å². The van der Waals surface area contributed by atoms with Crippen molar-refractivity contribution < 1.29 is 14.4 Å². The highest BCUT2D eigenvalue weighted by atomic mass is 16.2. The van der Waals surface area contributed by atoms with Crippen molar-refractivity contribution in [2.45, 2.75) is 57.4 Å². The topological polar surface area (TPSA) is 78.5 Å². The molecule has 168 valence electrons. The zero-order chi connectivity index (χ0) is 22.3. The Morgan fingerprint density at radius 1 is 1.09 bits per heavy atom. The van der Waals surface area contributed by atoms with E-state index in [0.29, 0.717) is 42.0 Å². The van der Waals surface area contributed by atoms with E-state index in [1.807, 2.05) is 4.90 Å². The predicted molar refractivity (Wildman–Crippen MR) is 121 cm³/mol. The molecule has 4 aliphatic carbocycles. The van der Waals surface area contributed by atoms with E-state index >= 15 is 0 Å². The first-order valence-electron chi connectivity index (χ1n) is 11.9. The zero-order valence-corrected chi connectivity index (χ0v) is 18.4. The lowest BCUT2D eigenvalue weighted by Gasteiger charge is -2.56. The van der Waals surface area contributed by atoms with Gasteiger partial charge in [0.2, 0.25) is 17.7 Å². The summed E-state index contributed by atoms with van der Waals surface area (Å²) in [6, 6.07) is 6.56. The van der Waals surface area contributed by atoms with Gasteiger partial charge < -0.3 is 15.5 Å². The van der Waals surface area contributed by atoms with Crippen molar-refractivity contribution in [3.63, 3.8) is 0 Å². The van der Waals surface area contributed by atoms with Gasteiger partial charge in [0.1, 0.15) is 6.04 Å². The van der Waals surface area contributed by atoms with Crippen molar-refractivity contribution in [3.05, 3.63) is 29.8 Å². The summed E-state index contributed by atoms with van der Waals surface area (Å²) in [4.78, 5) is 40.8. The van der Waals surface area contributed by atoms with Crippen LogP contribution in [0.15, 0.2) is 24.3 Å². The van der Waals surface area contributed by atoms with Gasteiger partial charge in [-0.3, -0.25) is 14.4 Å². The molecule has 0 radical (unpaired) electrons. The lowest BCUT2D eigenvalue weighted by atomic mass is 9.49. The van der Waals surface area contributed by atoms with E-state index in [9.17, 15) is 14.4 Å². The molecule has 0 aromatic heterocycles. The van der Waals surface area contributed by atoms with Crippen LogP contribution in [0.4, 0.5) is 5.69 Å². The normalized spacial score (nSPS) is 32.4. The fourth-order valence-corrected chi connectivity index (χ4v) is 7.14. The summed E-state index contributed by atoms with van der Waals surface area (Å²) in [7, 11) is 0. The second-order valence-electron chi connectivity index (χ2n) is 10.3. The van der Waals surface area contributed by atoms with E-state index in [0.717, 1.165) is 25.7 Å². The van der Waals surface area contributed by atoms with E-state index in [2.05, 4.69) is 16.6 Å². The first-order valence-corrected chi connectivity index (χ1v) is 11.9. The molecule has 1 aromatic carbocycles. The van der Waals surface area contributed by atoms with Crippen molar-refractivity contribution in [2.75, 3.05) is 18.4 Å². The van der Waals surface area contributed by atoms with E-state index in [-0.39, 0.29) is 29.7 Å². The third-order valence-electron chi connectivity index (χ3n) is 8.04. The smallest absolute Gasteiger partial charge is 0.243 e. The highest BCUT2D eigenvalue weighted by Gasteiger charge is 2.56. The second-order valence-corrected chi connectivity index (χ2v) is 10.3.